The average Bonchev–Trinajstić information content (AvgIpc) is 3.04. The summed E-state index contributed by atoms with van der Waals surface area (Å²) in [5.41, 5.74) is 0. The van der Waals surface area contributed by atoms with Crippen LogP contribution in [0.1, 0.15) is 26.7 Å². The molecule has 2 fully saturated rings. The fraction of sp³-hybridized carbons (Fsp3) is 0.846. The van der Waals surface area contributed by atoms with Crippen molar-refractivity contribution >= 4 is 23.8 Å². The van der Waals surface area contributed by atoms with Crippen molar-refractivity contribution in [2.75, 3.05) is 18.8 Å². The number of urea groups is 1. The van der Waals surface area contributed by atoms with Crippen LogP contribution in [-0.4, -0.2) is 68.4 Å². The summed E-state index contributed by atoms with van der Waals surface area (Å²) >= 11 is 1.53. The van der Waals surface area contributed by atoms with Crippen LogP contribution in [0, 0.1) is 5.92 Å². The highest BCUT2D eigenvalue weighted by atomic mass is 32.2. The van der Waals surface area contributed by atoms with E-state index in [9.17, 15) is 19.8 Å². The first-order valence-electron chi connectivity index (χ1n) is 7.05. The van der Waals surface area contributed by atoms with E-state index in [1.54, 1.807) is 11.8 Å². The molecule has 7 heteroatoms. The summed E-state index contributed by atoms with van der Waals surface area (Å²) in [5, 5.41) is 18.8. The van der Waals surface area contributed by atoms with Crippen molar-refractivity contribution < 1.29 is 19.8 Å². The van der Waals surface area contributed by atoms with Crippen molar-refractivity contribution in [2.24, 2.45) is 5.92 Å². The van der Waals surface area contributed by atoms with E-state index in [0.717, 1.165) is 12.8 Å². The van der Waals surface area contributed by atoms with Crippen LogP contribution >= 0.6 is 11.8 Å². The van der Waals surface area contributed by atoms with Crippen LogP contribution in [0.3, 0.4) is 0 Å². The number of carbonyl (C=O) groups is 2. The molecule has 4 unspecified atom stereocenters. The van der Waals surface area contributed by atoms with Crippen LogP contribution in [0.5, 0.6) is 0 Å². The molecule has 2 aliphatic heterocycles. The zero-order valence-corrected chi connectivity index (χ0v) is 12.7. The lowest BCUT2D eigenvalue weighted by Gasteiger charge is -2.31. The van der Waals surface area contributed by atoms with Crippen LogP contribution in [0.4, 0.5) is 4.79 Å². The van der Waals surface area contributed by atoms with E-state index in [2.05, 4.69) is 0 Å². The Bertz CT molecular complexity index is 391. The number of aliphatic carboxylic acids is 1. The van der Waals surface area contributed by atoms with Gasteiger partial charge in [0.05, 0.1) is 11.5 Å². The lowest BCUT2D eigenvalue weighted by molar-refractivity contribution is -0.141. The second kappa shape index (κ2) is 6.22. The average molecular weight is 302 g/mol. The quantitative estimate of drug-likeness (QED) is 0.814. The third kappa shape index (κ3) is 2.88. The van der Waals surface area contributed by atoms with Crippen LogP contribution < -0.4 is 0 Å². The van der Waals surface area contributed by atoms with Gasteiger partial charge in [-0.1, -0.05) is 6.92 Å². The zero-order valence-electron chi connectivity index (χ0n) is 11.9. The fourth-order valence-electron chi connectivity index (χ4n) is 2.84. The number of amides is 2. The van der Waals surface area contributed by atoms with Crippen molar-refractivity contribution in [3.63, 3.8) is 0 Å². The summed E-state index contributed by atoms with van der Waals surface area (Å²) in [6.07, 6.45) is 1.09. The number of hydrogen-bond acceptors (Lipinski definition) is 4. The van der Waals surface area contributed by atoms with Gasteiger partial charge in [-0.05, 0) is 19.8 Å². The molecule has 114 valence electrons. The topological polar surface area (TPSA) is 81.1 Å². The second-order valence-electron chi connectivity index (χ2n) is 5.48. The molecular weight excluding hydrogens is 280 g/mol. The standard InChI is InChI=1S/C13H22N2O4S/c1-3-11-15(10(7-20-11)12(17)18)13(19)14-5-4-9(6-14)8(2)16/h8-11,16H,3-7H2,1-2H3,(H,17,18). The molecule has 0 aromatic heterocycles. The number of likely N-dealkylation sites (tertiary alicyclic amines) is 1. The maximum absolute atomic E-state index is 12.6. The van der Waals surface area contributed by atoms with Gasteiger partial charge in [0.2, 0.25) is 0 Å². The summed E-state index contributed by atoms with van der Waals surface area (Å²) < 4.78 is 0. The lowest BCUT2D eigenvalue weighted by atomic mass is 10.0. The molecule has 20 heavy (non-hydrogen) atoms. The van der Waals surface area contributed by atoms with Crippen molar-refractivity contribution in [1.29, 1.82) is 0 Å². The van der Waals surface area contributed by atoms with Crippen molar-refractivity contribution in [3.05, 3.63) is 0 Å². The molecule has 4 atom stereocenters. The largest absolute Gasteiger partial charge is 0.480 e. The van der Waals surface area contributed by atoms with Gasteiger partial charge in [0, 0.05) is 24.8 Å². The van der Waals surface area contributed by atoms with Gasteiger partial charge >= 0.3 is 12.0 Å². The normalized spacial score (nSPS) is 31.6. The minimum atomic E-state index is -0.937. The van der Waals surface area contributed by atoms with Gasteiger partial charge in [0.15, 0.2) is 0 Å². The van der Waals surface area contributed by atoms with Crippen LogP contribution in [0.2, 0.25) is 0 Å². The van der Waals surface area contributed by atoms with Crippen LogP contribution in [-0.2, 0) is 4.79 Å². The molecule has 2 amide bonds. The smallest absolute Gasteiger partial charge is 0.327 e. The highest BCUT2D eigenvalue weighted by molar-refractivity contribution is 8.00. The van der Waals surface area contributed by atoms with E-state index >= 15 is 0 Å². The maximum Gasteiger partial charge on any atom is 0.327 e. The minimum Gasteiger partial charge on any atom is -0.480 e. The van der Waals surface area contributed by atoms with Gasteiger partial charge < -0.3 is 15.1 Å². The van der Waals surface area contributed by atoms with E-state index in [4.69, 9.17) is 0 Å². The Labute approximate surface area is 123 Å². The van der Waals surface area contributed by atoms with Crippen molar-refractivity contribution in [1.82, 2.24) is 9.80 Å². The van der Waals surface area contributed by atoms with Crippen molar-refractivity contribution in [3.8, 4) is 0 Å². The highest BCUT2D eigenvalue weighted by Gasteiger charge is 2.43. The number of carboxylic acids is 1. The molecule has 2 saturated heterocycles. The van der Waals surface area contributed by atoms with Gasteiger partial charge in [0.1, 0.15) is 6.04 Å². The molecular formula is C13H22N2O4S. The van der Waals surface area contributed by atoms with Gasteiger partial charge in [-0.3, -0.25) is 4.90 Å². The number of thioether (sulfide) groups is 1. The lowest BCUT2D eigenvalue weighted by Crippen LogP contribution is -2.51. The third-order valence-electron chi connectivity index (χ3n) is 4.13. The van der Waals surface area contributed by atoms with E-state index in [1.807, 2.05) is 6.92 Å². The molecule has 0 spiro atoms. The number of nitrogens with zero attached hydrogens (tertiary/aromatic N) is 2. The summed E-state index contributed by atoms with van der Waals surface area (Å²) in [6.45, 7) is 4.81. The Morgan fingerprint density at radius 2 is 2.15 bits per heavy atom. The number of carbonyl (C=O) groups excluding carboxylic acids is 1. The van der Waals surface area contributed by atoms with Gasteiger partial charge in [-0.15, -0.1) is 11.8 Å². The van der Waals surface area contributed by atoms with E-state index in [1.165, 1.54) is 16.7 Å². The third-order valence-corrected chi connectivity index (χ3v) is 5.58. The molecule has 2 aliphatic rings. The molecule has 0 saturated carbocycles. The molecule has 6 nitrogen and oxygen atoms in total. The number of aliphatic hydroxyl groups is 1. The van der Waals surface area contributed by atoms with E-state index < -0.39 is 18.1 Å². The van der Waals surface area contributed by atoms with Crippen LogP contribution in [0.25, 0.3) is 0 Å². The molecule has 0 aliphatic carbocycles. The predicted molar refractivity (Wildman–Crippen MR) is 76.6 cm³/mol. The second-order valence-corrected chi connectivity index (χ2v) is 6.69. The maximum atomic E-state index is 12.6. The van der Waals surface area contributed by atoms with Crippen molar-refractivity contribution in [2.45, 2.75) is 44.2 Å². The Balaban J connectivity index is 2.08. The summed E-state index contributed by atoms with van der Waals surface area (Å²) in [5.74, 6) is -0.390. The summed E-state index contributed by atoms with van der Waals surface area (Å²) in [6, 6.07) is -0.930. The molecule has 2 rings (SSSR count). The number of carboxylic acid groups (broad SMARTS) is 1. The summed E-state index contributed by atoms with van der Waals surface area (Å²) in [4.78, 5) is 27.1. The molecule has 0 aromatic carbocycles. The predicted octanol–water partition coefficient (Wildman–Crippen LogP) is 1.05. The number of rotatable bonds is 3. The molecule has 0 bridgehead atoms. The van der Waals surface area contributed by atoms with Gasteiger partial charge in [0.25, 0.3) is 0 Å². The Hall–Kier alpha value is -0.950. The first-order chi connectivity index (χ1) is 9.45. The first-order valence-corrected chi connectivity index (χ1v) is 8.10. The van der Waals surface area contributed by atoms with E-state index in [0.29, 0.717) is 18.8 Å². The monoisotopic (exact) mass is 302 g/mol. The molecule has 2 N–H and O–H groups in total. The summed E-state index contributed by atoms with van der Waals surface area (Å²) in [7, 11) is 0. The van der Waals surface area contributed by atoms with Gasteiger partial charge in [-0.2, -0.15) is 0 Å². The Morgan fingerprint density at radius 1 is 1.45 bits per heavy atom. The SMILES string of the molecule is CCC1SCC(C(=O)O)N1C(=O)N1CCC(C(C)O)C1. The van der Waals surface area contributed by atoms with Gasteiger partial charge in [-0.25, -0.2) is 9.59 Å². The molecule has 2 heterocycles. The molecule has 0 aromatic rings. The highest BCUT2D eigenvalue weighted by Crippen LogP contribution is 2.33. The number of hydrogen-bond donors (Lipinski definition) is 2. The Morgan fingerprint density at radius 3 is 2.65 bits per heavy atom. The van der Waals surface area contributed by atoms with E-state index in [-0.39, 0.29) is 17.3 Å². The minimum absolute atomic E-state index is 0.0609. The fourth-order valence-corrected chi connectivity index (χ4v) is 4.18. The molecule has 0 radical (unpaired) electrons. The number of aliphatic hydroxyl groups excluding tert-OH is 1. The zero-order chi connectivity index (χ0) is 14.9. The van der Waals surface area contributed by atoms with Crippen LogP contribution in [0.15, 0.2) is 0 Å². The Kier molecular flexibility index (Phi) is 4.80. The first kappa shape index (κ1) is 15.4.